The van der Waals surface area contributed by atoms with Crippen molar-refractivity contribution in [2.75, 3.05) is 6.61 Å². The van der Waals surface area contributed by atoms with Crippen molar-refractivity contribution in [2.24, 2.45) is 28.1 Å². The number of aliphatic hydroxyl groups is 3. The molecule has 2 saturated carbocycles. The van der Waals surface area contributed by atoms with Gasteiger partial charge in [0.25, 0.3) is 0 Å². The number of ether oxygens (including phenoxy) is 4. The molecule has 4 saturated heterocycles. The van der Waals surface area contributed by atoms with Gasteiger partial charge in [0.05, 0.1) is 29.6 Å². The number of aliphatic hydroxyl groups excluding tert-OH is 2. The van der Waals surface area contributed by atoms with Gasteiger partial charge in [0.15, 0.2) is 6.10 Å². The van der Waals surface area contributed by atoms with E-state index in [1.165, 1.54) is 0 Å². The van der Waals surface area contributed by atoms with Gasteiger partial charge < -0.3 is 34.3 Å². The zero-order chi connectivity index (χ0) is 20.9. The molecule has 4 aliphatic heterocycles. The number of hydrogen-bond donors (Lipinski definition) is 3. The molecule has 9 heteroatoms. The first-order valence-corrected chi connectivity index (χ1v) is 10.2. The van der Waals surface area contributed by atoms with Gasteiger partial charge in [0.1, 0.15) is 11.7 Å². The predicted octanol–water partition coefficient (Wildman–Crippen LogP) is -0.896. The van der Waals surface area contributed by atoms with Crippen LogP contribution in [0.15, 0.2) is 0 Å². The van der Waals surface area contributed by atoms with Crippen LogP contribution in [-0.4, -0.2) is 75.8 Å². The van der Waals surface area contributed by atoms with Crippen LogP contribution < -0.4 is 0 Å². The third kappa shape index (κ3) is 1.38. The monoisotopic (exact) mass is 410 g/mol. The Morgan fingerprint density at radius 3 is 2.48 bits per heavy atom. The summed E-state index contributed by atoms with van der Waals surface area (Å²) in [5.74, 6) is -2.77. The number of hydrogen-bond acceptors (Lipinski definition) is 9. The lowest BCUT2D eigenvalue weighted by molar-refractivity contribution is -0.239. The number of carbonyl (C=O) groups excluding carboxylic acids is 2. The molecule has 3 N–H and O–H groups in total. The summed E-state index contributed by atoms with van der Waals surface area (Å²) in [6, 6.07) is 0. The van der Waals surface area contributed by atoms with Crippen LogP contribution in [-0.2, 0) is 28.5 Å². The molecule has 0 aromatic carbocycles. The number of rotatable bonds is 0. The van der Waals surface area contributed by atoms with Gasteiger partial charge in [-0.3, -0.25) is 0 Å². The first-order chi connectivity index (χ1) is 13.4. The van der Waals surface area contributed by atoms with Crippen molar-refractivity contribution in [1.29, 1.82) is 0 Å². The van der Waals surface area contributed by atoms with Gasteiger partial charge in [-0.05, 0) is 11.8 Å². The summed E-state index contributed by atoms with van der Waals surface area (Å²) in [7, 11) is 0. The Hall–Kier alpha value is -1.26. The first kappa shape index (κ1) is 18.5. The normalized spacial score (nSPS) is 62.0. The molecular formula is C20H26O9. The zero-order valence-electron chi connectivity index (χ0n) is 16.7. The van der Waals surface area contributed by atoms with E-state index in [4.69, 9.17) is 18.9 Å². The van der Waals surface area contributed by atoms with Crippen LogP contribution in [0.25, 0.3) is 0 Å². The van der Waals surface area contributed by atoms with Crippen molar-refractivity contribution >= 4 is 11.9 Å². The van der Waals surface area contributed by atoms with E-state index < -0.39 is 81.9 Å². The number of fused-ring (bicyclic) bond motifs is 1. The number of esters is 2. The Bertz CT molecular complexity index is 851. The van der Waals surface area contributed by atoms with E-state index in [0.29, 0.717) is 0 Å². The topological polar surface area (TPSA) is 132 Å². The minimum Gasteiger partial charge on any atom is -0.457 e. The Labute approximate surface area is 167 Å². The van der Waals surface area contributed by atoms with Gasteiger partial charge >= 0.3 is 11.9 Å². The maximum Gasteiger partial charge on any atom is 0.342 e. The highest BCUT2D eigenvalue weighted by molar-refractivity contribution is 5.91. The fourth-order valence-electron chi connectivity index (χ4n) is 8.32. The van der Waals surface area contributed by atoms with E-state index in [1.54, 1.807) is 6.92 Å². The van der Waals surface area contributed by atoms with Crippen molar-refractivity contribution in [2.45, 2.75) is 76.0 Å². The van der Waals surface area contributed by atoms with Gasteiger partial charge in [0, 0.05) is 11.8 Å². The highest BCUT2D eigenvalue weighted by Crippen LogP contribution is 2.84. The van der Waals surface area contributed by atoms with Crippen LogP contribution in [0.2, 0.25) is 0 Å². The van der Waals surface area contributed by atoms with Crippen LogP contribution in [0, 0.1) is 28.1 Å². The molecule has 29 heavy (non-hydrogen) atoms. The first-order valence-electron chi connectivity index (χ1n) is 10.2. The molecule has 5 unspecified atom stereocenters. The van der Waals surface area contributed by atoms with Gasteiger partial charge in [0.2, 0.25) is 11.9 Å². The van der Waals surface area contributed by atoms with Crippen molar-refractivity contribution in [3.8, 4) is 0 Å². The Morgan fingerprint density at radius 1 is 1.14 bits per heavy atom. The van der Waals surface area contributed by atoms with E-state index in [-0.39, 0.29) is 13.0 Å². The third-order valence-electron chi connectivity index (χ3n) is 8.94. The maximum absolute atomic E-state index is 13.4. The van der Waals surface area contributed by atoms with Gasteiger partial charge in [-0.1, -0.05) is 27.7 Å². The highest BCUT2D eigenvalue weighted by Gasteiger charge is 3.01. The molecule has 0 aromatic heterocycles. The number of carbonyl (C=O) groups is 2. The molecule has 0 bridgehead atoms. The Balaban J connectivity index is 1.71. The Kier molecular flexibility index (Phi) is 2.97. The third-order valence-corrected chi connectivity index (χ3v) is 8.94. The molecule has 9 nitrogen and oxygen atoms in total. The van der Waals surface area contributed by atoms with Crippen molar-refractivity contribution in [3.63, 3.8) is 0 Å². The molecule has 6 fully saturated rings. The summed E-state index contributed by atoms with van der Waals surface area (Å²) >= 11 is 0. The summed E-state index contributed by atoms with van der Waals surface area (Å²) in [6.07, 6.45) is -5.70. The summed E-state index contributed by atoms with van der Waals surface area (Å²) in [5, 5.41) is 34.5. The van der Waals surface area contributed by atoms with Crippen molar-refractivity contribution < 1.29 is 43.9 Å². The van der Waals surface area contributed by atoms with Gasteiger partial charge in [-0.25, -0.2) is 9.59 Å². The van der Waals surface area contributed by atoms with E-state index in [0.717, 1.165) is 0 Å². The average Bonchev–Trinajstić information content (AvgIpc) is 3.31. The molecule has 0 radical (unpaired) electrons. The SMILES string of the molecule is C[C@@H]1COC2CC34C5OC(=O)[C@]3(OC3OC(=O)[C@H](O)C34[C@H](C(C)(C)C)[C@H]5O)[C@]21O. The molecule has 0 aromatic rings. The summed E-state index contributed by atoms with van der Waals surface area (Å²) in [6.45, 7) is 7.70. The fourth-order valence-corrected chi connectivity index (χ4v) is 8.32. The van der Waals surface area contributed by atoms with Crippen LogP contribution >= 0.6 is 0 Å². The van der Waals surface area contributed by atoms with E-state index in [9.17, 15) is 24.9 Å². The Morgan fingerprint density at radius 2 is 1.83 bits per heavy atom. The predicted molar refractivity (Wildman–Crippen MR) is 91.9 cm³/mol. The van der Waals surface area contributed by atoms with Crippen LogP contribution in [0.1, 0.15) is 34.1 Å². The lowest BCUT2D eigenvalue weighted by Gasteiger charge is -2.46. The lowest BCUT2D eigenvalue weighted by atomic mass is 9.51. The summed E-state index contributed by atoms with van der Waals surface area (Å²) in [4.78, 5) is 25.9. The van der Waals surface area contributed by atoms with E-state index >= 15 is 0 Å². The maximum atomic E-state index is 13.4. The van der Waals surface area contributed by atoms with E-state index in [1.807, 2.05) is 20.8 Å². The molecule has 6 rings (SSSR count). The second kappa shape index (κ2) is 4.65. The molecule has 2 spiro atoms. The molecule has 2 aliphatic carbocycles. The van der Waals surface area contributed by atoms with Gasteiger partial charge in [-0.15, -0.1) is 0 Å². The molecular weight excluding hydrogens is 384 g/mol. The second-order valence-electron chi connectivity index (χ2n) is 10.8. The minimum atomic E-state index is -1.88. The highest BCUT2D eigenvalue weighted by atomic mass is 16.8. The molecule has 6 aliphatic rings. The molecule has 11 atom stereocenters. The summed E-state index contributed by atoms with van der Waals surface area (Å²) < 4.78 is 23.3. The smallest absolute Gasteiger partial charge is 0.342 e. The largest absolute Gasteiger partial charge is 0.457 e. The zero-order valence-corrected chi connectivity index (χ0v) is 16.7. The fraction of sp³-hybridized carbons (Fsp3) is 0.900. The lowest BCUT2D eigenvalue weighted by Crippen LogP contribution is -2.66. The standard InChI is InChI=1S/C20H26O9/c1-7-6-26-8-5-17-12-9(21)10(16(2,3)4)18(17)11(22)13(23)28-15(18)29-20(17,14(24)27-12)19(7,8)25/h7-12,15,21-22,25H,5-6H2,1-4H3/t7-,8?,9-,10+,11+,12?,15?,17?,18?,19-,20-/m1/s1. The minimum absolute atomic E-state index is 0.123. The molecule has 4 heterocycles. The summed E-state index contributed by atoms with van der Waals surface area (Å²) in [5.41, 5.74) is -6.97. The second-order valence-corrected chi connectivity index (χ2v) is 10.8. The van der Waals surface area contributed by atoms with Crippen LogP contribution in [0.4, 0.5) is 0 Å². The van der Waals surface area contributed by atoms with Gasteiger partial charge in [-0.2, -0.15) is 0 Å². The van der Waals surface area contributed by atoms with E-state index in [2.05, 4.69) is 0 Å². The molecule has 160 valence electrons. The quantitative estimate of drug-likeness (QED) is 0.435. The van der Waals surface area contributed by atoms with Crippen molar-refractivity contribution in [3.05, 3.63) is 0 Å². The van der Waals surface area contributed by atoms with Crippen LogP contribution in [0.3, 0.4) is 0 Å². The molecule has 0 amide bonds. The van der Waals surface area contributed by atoms with Crippen LogP contribution in [0.5, 0.6) is 0 Å². The average molecular weight is 410 g/mol. The van der Waals surface area contributed by atoms with Crippen molar-refractivity contribution in [1.82, 2.24) is 0 Å².